The minimum absolute atomic E-state index is 0.212. The number of anilines is 1. The van der Waals surface area contributed by atoms with Gasteiger partial charge in [0, 0.05) is 11.7 Å². The van der Waals surface area contributed by atoms with E-state index in [4.69, 9.17) is 5.73 Å². The number of halogens is 1. The molecular formula is C13H21FN2O2S. The number of hydrogen-bond acceptors (Lipinski definition) is 3. The maximum absolute atomic E-state index is 13.9. The van der Waals surface area contributed by atoms with E-state index in [2.05, 4.69) is 4.72 Å². The van der Waals surface area contributed by atoms with E-state index in [0.29, 0.717) is 0 Å². The molecule has 1 rings (SSSR count). The molecule has 0 aliphatic carbocycles. The quantitative estimate of drug-likeness (QED) is 0.839. The standard InChI is InChI=1S/C13H21FN2O2S/c1-8-6-10(15)7-11(12(8)14)19(17,18)16-9(2)13(3,4)5/h6-7,9,16H,15H2,1-5H3. The normalized spacial score (nSPS) is 14.4. The Morgan fingerprint density at radius 3 is 2.32 bits per heavy atom. The fraction of sp³-hybridized carbons (Fsp3) is 0.538. The zero-order chi connectivity index (χ0) is 15.0. The Bertz CT molecular complexity index is 577. The van der Waals surface area contributed by atoms with Gasteiger partial charge < -0.3 is 5.73 Å². The Morgan fingerprint density at radius 2 is 1.84 bits per heavy atom. The molecule has 0 saturated heterocycles. The molecule has 0 amide bonds. The van der Waals surface area contributed by atoms with Crippen LogP contribution in [0.3, 0.4) is 0 Å². The van der Waals surface area contributed by atoms with E-state index in [0.717, 1.165) is 6.07 Å². The van der Waals surface area contributed by atoms with Crippen LogP contribution in [0.4, 0.5) is 10.1 Å². The van der Waals surface area contributed by atoms with Crippen LogP contribution in [0.1, 0.15) is 33.3 Å². The van der Waals surface area contributed by atoms with Crippen LogP contribution in [0.25, 0.3) is 0 Å². The van der Waals surface area contributed by atoms with Crippen molar-refractivity contribution in [1.82, 2.24) is 4.72 Å². The van der Waals surface area contributed by atoms with E-state index < -0.39 is 20.7 Å². The van der Waals surface area contributed by atoms with Gasteiger partial charge in [-0.1, -0.05) is 20.8 Å². The van der Waals surface area contributed by atoms with Crippen molar-refractivity contribution >= 4 is 15.7 Å². The molecular weight excluding hydrogens is 267 g/mol. The molecule has 0 radical (unpaired) electrons. The van der Waals surface area contributed by atoms with Gasteiger partial charge >= 0.3 is 0 Å². The van der Waals surface area contributed by atoms with Crippen LogP contribution in [0, 0.1) is 18.2 Å². The van der Waals surface area contributed by atoms with Crippen molar-refractivity contribution in [2.45, 2.75) is 45.6 Å². The average molecular weight is 288 g/mol. The minimum atomic E-state index is -3.92. The summed E-state index contributed by atoms with van der Waals surface area (Å²) in [4.78, 5) is -0.402. The smallest absolute Gasteiger partial charge is 0.243 e. The molecule has 0 heterocycles. The van der Waals surface area contributed by atoms with E-state index >= 15 is 0 Å². The van der Waals surface area contributed by atoms with Crippen LogP contribution in [0.15, 0.2) is 17.0 Å². The van der Waals surface area contributed by atoms with Crippen molar-refractivity contribution in [3.05, 3.63) is 23.5 Å². The number of sulfonamides is 1. The van der Waals surface area contributed by atoms with Crippen molar-refractivity contribution in [1.29, 1.82) is 0 Å². The summed E-state index contributed by atoms with van der Waals surface area (Å²) in [5, 5.41) is 0. The molecule has 6 heteroatoms. The summed E-state index contributed by atoms with van der Waals surface area (Å²) in [7, 11) is -3.92. The summed E-state index contributed by atoms with van der Waals surface area (Å²) in [6, 6.07) is 2.21. The number of aryl methyl sites for hydroxylation is 1. The van der Waals surface area contributed by atoms with Crippen LogP contribution in [0.5, 0.6) is 0 Å². The Balaban J connectivity index is 3.22. The molecule has 3 N–H and O–H groups in total. The molecule has 108 valence electrons. The minimum Gasteiger partial charge on any atom is -0.399 e. The molecule has 1 aromatic carbocycles. The summed E-state index contributed by atoms with van der Waals surface area (Å²) >= 11 is 0. The third-order valence-corrected chi connectivity index (χ3v) is 4.70. The van der Waals surface area contributed by atoms with Crippen LogP contribution >= 0.6 is 0 Å². The maximum Gasteiger partial charge on any atom is 0.243 e. The van der Waals surface area contributed by atoms with Crippen molar-refractivity contribution in [3.8, 4) is 0 Å². The summed E-state index contributed by atoms with van der Waals surface area (Å²) in [6.45, 7) is 8.94. The van der Waals surface area contributed by atoms with Gasteiger partial charge in [-0.15, -0.1) is 0 Å². The molecule has 0 fully saturated rings. The highest BCUT2D eigenvalue weighted by atomic mass is 32.2. The van der Waals surface area contributed by atoms with Gasteiger partial charge in [-0.05, 0) is 37.0 Å². The Kier molecular flexibility index (Phi) is 4.27. The molecule has 19 heavy (non-hydrogen) atoms. The first-order valence-corrected chi connectivity index (χ1v) is 7.51. The van der Waals surface area contributed by atoms with E-state index in [1.165, 1.54) is 13.0 Å². The number of benzene rings is 1. The number of rotatable bonds is 3. The first-order valence-electron chi connectivity index (χ1n) is 6.03. The lowest BCUT2D eigenvalue weighted by molar-refractivity contribution is 0.317. The predicted octanol–water partition coefficient (Wildman–Crippen LogP) is 2.43. The third kappa shape index (κ3) is 3.67. The predicted molar refractivity (Wildman–Crippen MR) is 74.8 cm³/mol. The highest BCUT2D eigenvalue weighted by Crippen LogP contribution is 2.24. The molecule has 0 saturated carbocycles. The summed E-state index contributed by atoms with van der Waals surface area (Å²) in [6.07, 6.45) is 0. The van der Waals surface area contributed by atoms with Gasteiger partial charge in [0.2, 0.25) is 10.0 Å². The molecule has 0 aliphatic heterocycles. The Labute approximate surface area is 114 Å². The average Bonchev–Trinajstić information content (AvgIpc) is 2.21. The number of nitrogens with two attached hydrogens (primary N) is 1. The van der Waals surface area contributed by atoms with Gasteiger partial charge in [-0.2, -0.15) is 0 Å². The van der Waals surface area contributed by atoms with E-state index in [-0.39, 0.29) is 22.7 Å². The second-order valence-corrected chi connectivity index (χ2v) is 7.54. The Morgan fingerprint density at radius 1 is 1.32 bits per heavy atom. The summed E-state index contributed by atoms with van der Waals surface area (Å²) in [5.41, 5.74) is 5.75. The zero-order valence-electron chi connectivity index (χ0n) is 11.9. The summed E-state index contributed by atoms with van der Waals surface area (Å²) < 4.78 is 40.8. The van der Waals surface area contributed by atoms with Crippen LogP contribution in [-0.4, -0.2) is 14.5 Å². The van der Waals surface area contributed by atoms with Gasteiger partial charge in [-0.25, -0.2) is 17.5 Å². The number of nitrogen functional groups attached to an aromatic ring is 1. The van der Waals surface area contributed by atoms with Crippen molar-refractivity contribution < 1.29 is 12.8 Å². The highest BCUT2D eigenvalue weighted by Gasteiger charge is 2.28. The zero-order valence-corrected chi connectivity index (χ0v) is 12.7. The lowest BCUT2D eigenvalue weighted by Crippen LogP contribution is -2.41. The van der Waals surface area contributed by atoms with Gasteiger partial charge in [0.15, 0.2) is 0 Å². The third-order valence-electron chi connectivity index (χ3n) is 3.16. The van der Waals surface area contributed by atoms with Crippen LogP contribution < -0.4 is 10.5 Å². The van der Waals surface area contributed by atoms with Gasteiger partial charge in [0.1, 0.15) is 10.7 Å². The van der Waals surface area contributed by atoms with Crippen LogP contribution in [0.2, 0.25) is 0 Å². The van der Waals surface area contributed by atoms with Crippen molar-refractivity contribution in [2.75, 3.05) is 5.73 Å². The topological polar surface area (TPSA) is 72.2 Å². The molecule has 0 bridgehead atoms. The molecule has 0 aliphatic rings. The number of hydrogen-bond donors (Lipinski definition) is 2. The second-order valence-electron chi connectivity index (χ2n) is 5.86. The fourth-order valence-corrected chi connectivity index (χ4v) is 3.07. The van der Waals surface area contributed by atoms with Crippen LogP contribution in [-0.2, 0) is 10.0 Å². The molecule has 1 atom stereocenters. The number of nitrogens with one attached hydrogen (secondary N) is 1. The fourth-order valence-electron chi connectivity index (χ4n) is 1.43. The largest absolute Gasteiger partial charge is 0.399 e. The first kappa shape index (κ1) is 15.9. The van der Waals surface area contributed by atoms with Gasteiger partial charge in [-0.3, -0.25) is 0 Å². The van der Waals surface area contributed by atoms with E-state index in [1.807, 2.05) is 20.8 Å². The van der Waals surface area contributed by atoms with E-state index in [1.54, 1.807) is 6.92 Å². The lowest BCUT2D eigenvalue weighted by atomic mass is 9.89. The second kappa shape index (κ2) is 5.09. The molecule has 1 aromatic rings. The van der Waals surface area contributed by atoms with E-state index in [9.17, 15) is 12.8 Å². The molecule has 1 unspecified atom stereocenters. The van der Waals surface area contributed by atoms with Gasteiger partial charge in [0.25, 0.3) is 0 Å². The molecule has 4 nitrogen and oxygen atoms in total. The molecule has 0 spiro atoms. The Hall–Kier alpha value is -1.14. The van der Waals surface area contributed by atoms with Crippen molar-refractivity contribution in [3.63, 3.8) is 0 Å². The van der Waals surface area contributed by atoms with Crippen molar-refractivity contribution in [2.24, 2.45) is 5.41 Å². The SMILES string of the molecule is Cc1cc(N)cc(S(=O)(=O)NC(C)C(C)(C)C)c1F. The maximum atomic E-state index is 13.9. The monoisotopic (exact) mass is 288 g/mol. The summed E-state index contributed by atoms with van der Waals surface area (Å²) in [5.74, 6) is -0.761. The molecule has 0 aromatic heterocycles. The highest BCUT2D eigenvalue weighted by molar-refractivity contribution is 7.89. The first-order chi connectivity index (χ1) is 8.45. The van der Waals surface area contributed by atoms with Gasteiger partial charge in [0.05, 0.1) is 0 Å². The lowest BCUT2D eigenvalue weighted by Gasteiger charge is -2.28.